The molecule has 2 fully saturated rings. The van der Waals surface area contributed by atoms with Crippen molar-refractivity contribution < 1.29 is 0 Å². The molecule has 1 aliphatic heterocycles. The lowest BCUT2D eigenvalue weighted by Crippen LogP contribution is -2.42. The van der Waals surface area contributed by atoms with Gasteiger partial charge in [0.25, 0.3) is 0 Å². The smallest absolute Gasteiger partial charge is 0.149 e. The highest BCUT2D eigenvalue weighted by Crippen LogP contribution is 2.46. The number of nitrogens with zero attached hydrogens (tertiary/aromatic N) is 3. The van der Waals surface area contributed by atoms with Gasteiger partial charge in [-0.1, -0.05) is 6.42 Å². The van der Waals surface area contributed by atoms with E-state index in [0.29, 0.717) is 11.9 Å². The summed E-state index contributed by atoms with van der Waals surface area (Å²) in [5.74, 6) is 1.51. The third kappa shape index (κ3) is 2.25. The molecule has 21 heavy (non-hydrogen) atoms. The van der Waals surface area contributed by atoms with Crippen molar-refractivity contribution >= 4 is 33.7 Å². The summed E-state index contributed by atoms with van der Waals surface area (Å²) >= 11 is 3.23. The fourth-order valence-corrected chi connectivity index (χ4v) is 5.68. The van der Waals surface area contributed by atoms with Crippen molar-refractivity contribution in [1.82, 2.24) is 9.36 Å². The van der Waals surface area contributed by atoms with E-state index in [-0.39, 0.29) is 0 Å². The molecule has 2 aliphatic rings. The summed E-state index contributed by atoms with van der Waals surface area (Å²) in [6.45, 7) is 3.17. The first-order valence-electron chi connectivity index (χ1n) is 7.68. The summed E-state index contributed by atoms with van der Waals surface area (Å²) in [6, 6.07) is 0.693. The maximum absolute atomic E-state index is 6.17. The zero-order chi connectivity index (χ0) is 14.4. The fraction of sp³-hybridized carbons (Fsp3) is 0.600. The summed E-state index contributed by atoms with van der Waals surface area (Å²) < 4.78 is 4.44. The Bertz CT molecular complexity index is 648. The molecule has 1 aliphatic carbocycles. The van der Waals surface area contributed by atoms with Gasteiger partial charge in [-0.25, -0.2) is 4.98 Å². The molecule has 2 unspecified atom stereocenters. The molecule has 0 amide bonds. The van der Waals surface area contributed by atoms with Gasteiger partial charge in [0.1, 0.15) is 15.8 Å². The van der Waals surface area contributed by atoms with Crippen LogP contribution in [0, 0.1) is 12.8 Å². The lowest BCUT2D eigenvalue weighted by atomic mass is 9.92. The summed E-state index contributed by atoms with van der Waals surface area (Å²) in [4.78, 5) is 7.22. The molecule has 2 N–H and O–H groups in total. The minimum absolute atomic E-state index is 0.643. The third-order valence-electron chi connectivity index (χ3n) is 4.79. The highest BCUT2D eigenvalue weighted by Gasteiger charge is 2.37. The second kappa shape index (κ2) is 5.25. The van der Waals surface area contributed by atoms with E-state index in [9.17, 15) is 0 Å². The molecule has 0 aromatic carbocycles. The van der Waals surface area contributed by atoms with Crippen LogP contribution in [0.5, 0.6) is 0 Å². The second-order valence-corrected chi connectivity index (χ2v) is 7.75. The van der Waals surface area contributed by atoms with Crippen LogP contribution < -0.4 is 10.6 Å². The first-order chi connectivity index (χ1) is 10.2. The number of rotatable bonds is 2. The van der Waals surface area contributed by atoms with Gasteiger partial charge in [-0.05, 0) is 50.1 Å². The number of thiazole rings is 1. The van der Waals surface area contributed by atoms with Gasteiger partial charge in [-0.3, -0.25) is 0 Å². The molecule has 0 radical (unpaired) electrons. The molecule has 0 spiro atoms. The predicted molar refractivity (Wildman–Crippen MR) is 90.1 cm³/mol. The van der Waals surface area contributed by atoms with Crippen LogP contribution in [-0.4, -0.2) is 21.9 Å². The van der Waals surface area contributed by atoms with Crippen molar-refractivity contribution in [3.05, 3.63) is 11.1 Å². The van der Waals surface area contributed by atoms with Gasteiger partial charge >= 0.3 is 0 Å². The van der Waals surface area contributed by atoms with Crippen molar-refractivity contribution in [2.45, 2.75) is 45.1 Å². The van der Waals surface area contributed by atoms with Gasteiger partial charge in [0.15, 0.2) is 0 Å². The van der Waals surface area contributed by atoms with E-state index < -0.39 is 0 Å². The Labute approximate surface area is 133 Å². The van der Waals surface area contributed by atoms with Crippen LogP contribution in [0.4, 0.5) is 10.8 Å². The zero-order valence-corrected chi connectivity index (χ0v) is 13.8. The minimum atomic E-state index is 0.643. The fourth-order valence-electron chi connectivity index (χ4n) is 3.87. The number of nitrogens with two attached hydrogens (primary N) is 1. The van der Waals surface area contributed by atoms with Gasteiger partial charge < -0.3 is 10.6 Å². The molecule has 3 heterocycles. The third-order valence-corrected chi connectivity index (χ3v) is 6.66. The monoisotopic (exact) mass is 320 g/mol. The number of aryl methyl sites for hydroxylation is 1. The first-order valence-corrected chi connectivity index (χ1v) is 9.33. The lowest BCUT2D eigenvalue weighted by Gasteiger charge is -2.38. The Kier molecular flexibility index (Phi) is 3.38. The standard InChI is InChI=1S/C15H20N4S2/c1-9-8-20-14(17-9)12-13(16)18-21-15(12)19-7-3-5-10-4-2-6-11(10)19/h8,10-11H,2-7H2,1H3,(H2,16,18). The highest BCUT2D eigenvalue weighted by molar-refractivity contribution is 7.15. The number of anilines is 2. The molecule has 1 saturated heterocycles. The lowest BCUT2D eigenvalue weighted by molar-refractivity contribution is 0.364. The van der Waals surface area contributed by atoms with Crippen molar-refractivity contribution in [2.75, 3.05) is 17.2 Å². The van der Waals surface area contributed by atoms with Gasteiger partial charge in [-0.2, -0.15) is 4.37 Å². The summed E-state index contributed by atoms with van der Waals surface area (Å²) in [5, 5.41) is 4.36. The van der Waals surface area contributed by atoms with Crippen molar-refractivity contribution in [2.24, 2.45) is 5.92 Å². The second-order valence-electron chi connectivity index (χ2n) is 6.14. The number of hydrogen-bond donors (Lipinski definition) is 1. The number of hydrogen-bond acceptors (Lipinski definition) is 6. The zero-order valence-electron chi connectivity index (χ0n) is 12.2. The number of fused-ring (bicyclic) bond motifs is 1. The molecule has 112 valence electrons. The Morgan fingerprint density at radius 3 is 2.95 bits per heavy atom. The first kappa shape index (κ1) is 13.5. The molecule has 6 heteroatoms. The van der Waals surface area contributed by atoms with Crippen LogP contribution in [0.25, 0.3) is 10.6 Å². The molecule has 4 nitrogen and oxygen atoms in total. The Balaban J connectivity index is 1.75. The quantitative estimate of drug-likeness (QED) is 0.911. The van der Waals surface area contributed by atoms with Crippen molar-refractivity contribution in [3.8, 4) is 10.6 Å². The molecular formula is C15H20N4S2. The molecule has 4 rings (SSSR count). The average molecular weight is 320 g/mol. The molecule has 0 bridgehead atoms. The van der Waals surface area contributed by atoms with E-state index in [1.807, 2.05) is 6.92 Å². The van der Waals surface area contributed by atoms with Crippen LogP contribution in [0.2, 0.25) is 0 Å². The Hall–Kier alpha value is -1.14. The molecular weight excluding hydrogens is 300 g/mol. The van der Waals surface area contributed by atoms with E-state index in [1.54, 1.807) is 22.9 Å². The molecule has 2 atom stereocenters. The normalized spacial score (nSPS) is 25.3. The van der Waals surface area contributed by atoms with Gasteiger partial charge in [-0.15, -0.1) is 11.3 Å². The van der Waals surface area contributed by atoms with Crippen LogP contribution in [0.1, 0.15) is 37.8 Å². The van der Waals surface area contributed by atoms with Crippen LogP contribution in [0.15, 0.2) is 5.38 Å². The molecule has 2 aromatic rings. The topological polar surface area (TPSA) is 55.0 Å². The maximum atomic E-state index is 6.17. The highest BCUT2D eigenvalue weighted by atomic mass is 32.1. The van der Waals surface area contributed by atoms with Gasteiger partial charge in [0.2, 0.25) is 0 Å². The van der Waals surface area contributed by atoms with Gasteiger partial charge in [0.05, 0.1) is 5.56 Å². The number of aromatic nitrogens is 2. The Morgan fingerprint density at radius 2 is 2.14 bits per heavy atom. The number of nitrogen functional groups attached to an aromatic ring is 1. The Morgan fingerprint density at radius 1 is 1.29 bits per heavy atom. The predicted octanol–water partition coefficient (Wildman–Crippen LogP) is 3.93. The summed E-state index contributed by atoms with van der Waals surface area (Å²) in [7, 11) is 0. The number of piperidine rings is 1. The minimum Gasteiger partial charge on any atom is -0.382 e. The summed E-state index contributed by atoms with van der Waals surface area (Å²) in [5.41, 5.74) is 8.30. The van der Waals surface area contributed by atoms with E-state index in [4.69, 9.17) is 5.73 Å². The van der Waals surface area contributed by atoms with Crippen molar-refractivity contribution in [3.63, 3.8) is 0 Å². The van der Waals surface area contributed by atoms with Crippen LogP contribution >= 0.6 is 22.9 Å². The summed E-state index contributed by atoms with van der Waals surface area (Å²) in [6.07, 6.45) is 6.75. The van der Waals surface area contributed by atoms with E-state index in [0.717, 1.165) is 28.7 Å². The van der Waals surface area contributed by atoms with E-state index >= 15 is 0 Å². The molecule has 2 aromatic heterocycles. The molecule has 1 saturated carbocycles. The SMILES string of the molecule is Cc1csc(-c2c(N)nsc2N2CCCC3CCCC32)n1. The van der Waals surface area contributed by atoms with Crippen molar-refractivity contribution in [1.29, 1.82) is 0 Å². The van der Waals surface area contributed by atoms with Crippen LogP contribution in [0.3, 0.4) is 0 Å². The largest absolute Gasteiger partial charge is 0.382 e. The average Bonchev–Trinajstić information content (AvgIpc) is 3.17. The maximum Gasteiger partial charge on any atom is 0.149 e. The van der Waals surface area contributed by atoms with Crippen LogP contribution in [-0.2, 0) is 0 Å². The van der Waals surface area contributed by atoms with E-state index in [1.165, 1.54) is 37.1 Å². The van der Waals surface area contributed by atoms with E-state index in [2.05, 4.69) is 19.6 Å². The van der Waals surface area contributed by atoms with Gasteiger partial charge in [0, 0.05) is 23.7 Å².